The van der Waals surface area contributed by atoms with Gasteiger partial charge in [-0.05, 0) is 46.0 Å². The van der Waals surface area contributed by atoms with Crippen molar-refractivity contribution in [1.82, 2.24) is 15.0 Å². The zero-order chi connectivity index (χ0) is 18.9. The smallest absolute Gasteiger partial charge is 0.234 e. The molecule has 0 bridgehead atoms. The normalized spacial score (nSPS) is 11.7. The van der Waals surface area contributed by atoms with Gasteiger partial charge in [0, 0.05) is 10.2 Å². The second-order valence-electron chi connectivity index (χ2n) is 7.10. The number of rotatable bonds is 4. The highest BCUT2D eigenvalue weighted by molar-refractivity contribution is 9.10. The van der Waals surface area contributed by atoms with E-state index in [4.69, 9.17) is 0 Å². The van der Waals surface area contributed by atoms with Gasteiger partial charge in [-0.25, -0.2) is 9.97 Å². The van der Waals surface area contributed by atoms with Crippen LogP contribution in [0.1, 0.15) is 32.0 Å². The number of hydrogen-bond donors (Lipinski definition) is 2. The standard InChI is InChI=1S/C19H21BrN4OS/c1-11-13(20)9-15-17(21-11)24-18(23-15)26-10-16(25)22-14-8-6-5-7-12(14)19(2,3)4/h5-9H,10H2,1-4H3,(H,22,25)(H,21,23,24). The fourth-order valence-electron chi connectivity index (χ4n) is 2.62. The van der Waals surface area contributed by atoms with E-state index in [2.05, 4.69) is 57.0 Å². The number of carbonyl (C=O) groups excluding carboxylic acids is 1. The summed E-state index contributed by atoms with van der Waals surface area (Å²) in [6.45, 7) is 8.32. The third kappa shape index (κ3) is 4.27. The molecule has 2 heterocycles. The summed E-state index contributed by atoms with van der Waals surface area (Å²) in [5.41, 5.74) is 4.34. The molecule has 1 aromatic carbocycles. The Hall–Kier alpha value is -1.86. The summed E-state index contributed by atoms with van der Waals surface area (Å²) in [5.74, 6) is 0.218. The molecule has 1 amide bonds. The summed E-state index contributed by atoms with van der Waals surface area (Å²) in [5, 5.41) is 3.70. The van der Waals surface area contributed by atoms with Crippen LogP contribution in [-0.4, -0.2) is 26.6 Å². The van der Waals surface area contributed by atoms with Gasteiger partial charge in [-0.2, -0.15) is 0 Å². The first-order valence-electron chi connectivity index (χ1n) is 8.29. The third-order valence-corrected chi connectivity index (χ3v) is 5.61. The highest BCUT2D eigenvalue weighted by atomic mass is 79.9. The topological polar surface area (TPSA) is 70.7 Å². The summed E-state index contributed by atoms with van der Waals surface area (Å²) in [6, 6.07) is 9.87. The second-order valence-corrected chi connectivity index (χ2v) is 8.92. The zero-order valence-electron chi connectivity index (χ0n) is 15.2. The summed E-state index contributed by atoms with van der Waals surface area (Å²) in [6.07, 6.45) is 0. The number of aromatic amines is 1. The first kappa shape index (κ1) is 18.9. The number of amides is 1. The van der Waals surface area contributed by atoms with Crippen molar-refractivity contribution in [3.05, 3.63) is 46.1 Å². The van der Waals surface area contributed by atoms with Crippen molar-refractivity contribution in [2.24, 2.45) is 0 Å². The molecule has 0 saturated heterocycles. The van der Waals surface area contributed by atoms with Crippen molar-refractivity contribution in [2.45, 2.75) is 38.3 Å². The van der Waals surface area contributed by atoms with Gasteiger partial charge in [0.05, 0.1) is 17.0 Å². The van der Waals surface area contributed by atoms with Gasteiger partial charge in [0.1, 0.15) is 0 Å². The van der Waals surface area contributed by atoms with E-state index in [-0.39, 0.29) is 17.1 Å². The van der Waals surface area contributed by atoms with Crippen molar-refractivity contribution >= 4 is 50.5 Å². The molecule has 0 radical (unpaired) electrons. The lowest BCUT2D eigenvalue weighted by atomic mass is 9.86. The van der Waals surface area contributed by atoms with E-state index in [0.29, 0.717) is 10.8 Å². The molecule has 0 atom stereocenters. The van der Waals surface area contributed by atoms with E-state index < -0.39 is 0 Å². The van der Waals surface area contributed by atoms with Crippen molar-refractivity contribution in [3.63, 3.8) is 0 Å². The van der Waals surface area contributed by atoms with E-state index in [1.807, 2.05) is 37.3 Å². The molecule has 0 unspecified atom stereocenters. The fraction of sp³-hybridized carbons (Fsp3) is 0.316. The van der Waals surface area contributed by atoms with Crippen LogP contribution >= 0.6 is 27.7 Å². The van der Waals surface area contributed by atoms with Crippen LogP contribution < -0.4 is 5.32 Å². The molecule has 3 aromatic rings. The molecule has 0 aliphatic rings. The van der Waals surface area contributed by atoms with Crippen LogP contribution in [-0.2, 0) is 10.2 Å². The predicted molar refractivity (Wildman–Crippen MR) is 111 cm³/mol. The first-order valence-corrected chi connectivity index (χ1v) is 10.1. The fourth-order valence-corrected chi connectivity index (χ4v) is 3.61. The highest BCUT2D eigenvalue weighted by Gasteiger charge is 2.18. The van der Waals surface area contributed by atoms with Gasteiger partial charge in [0.2, 0.25) is 5.91 Å². The number of para-hydroxylation sites is 1. The van der Waals surface area contributed by atoms with Crippen molar-refractivity contribution in [1.29, 1.82) is 0 Å². The molecule has 5 nitrogen and oxygen atoms in total. The lowest BCUT2D eigenvalue weighted by Crippen LogP contribution is -2.19. The van der Waals surface area contributed by atoms with E-state index in [0.717, 1.165) is 26.9 Å². The highest BCUT2D eigenvalue weighted by Crippen LogP contribution is 2.29. The Morgan fingerprint density at radius 3 is 2.73 bits per heavy atom. The molecule has 2 aromatic heterocycles. The van der Waals surface area contributed by atoms with Crippen LogP contribution in [0.4, 0.5) is 5.69 Å². The molecule has 0 fully saturated rings. The molecular formula is C19H21BrN4OS. The van der Waals surface area contributed by atoms with E-state index in [1.54, 1.807) is 0 Å². The van der Waals surface area contributed by atoms with Gasteiger partial charge >= 0.3 is 0 Å². The number of nitrogens with zero attached hydrogens (tertiary/aromatic N) is 2. The number of aryl methyl sites for hydroxylation is 1. The minimum absolute atomic E-state index is 0.0351. The number of thioether (sulfide) groups is 1. The number of nitrogens with one attached hydrogen (secondary N) is 2. The second kappa shape index (κ2) is 7.40. The van der Waals surface area contributed by atoms with Crippen LogP contribution in [0, 0.1) is 6.92 Å². The Balaban J connectivity index is 1.68. The van der Waals surface area contributed by atoms with Crippen LogP contribution in [0.3, 0.4) is 0 Å². The Morgan fingerprint density at radius 1 is 1.27 bits per heavy atom. The quantitative estimate of drug-likeness (QED) is 0.565. The molecule has 0 saturated carbocycles. The molecule has 0 spiro atoms. The molecular weight excluding hydrogens is 412 g/mol. The van der Waals surface area contributed by atoms with Crippen LogP contribution in [0.15, 0.2) is 40.0 Å². The van der Waals surface area contributed by atoms with E-state index >= 15 is 0 Å². The number of carbonyl (C=O) groups is 1. The number of benzene rings is 1. The van der Waals surface area contributed by atoms with Crippen LogP contribution in [0.25, 0.3) is 11.2 Å². The number of imidazole rings is 1. The summed E-state index contributed by atoms with van der Waals surface area (Å²) in [4.78, 5) is 24.5. The predicted octanol–water partition coefficient (Wildman–Crippen LogP) is 5.06. The number of anilines is 1. The Morgan fingerprint density at radius 2 is 2.00 bits per heavy atom. The average Bonchev–Trinajstić information content (AvgIpc) is 2.94. The molecule has 0 aliphatic carbocycles. The third-order valence-electron chi connectivity index (χ3n) is 3.93. The van der Waals surface area contributed by atoms with Gasteiger partial charge in [0.15, 0.2) is 10.8 Å². The Kier molecular flexibility index (Phi) is 5.39. The maximum absolute atomic E-state index is 12.4. The maximum atomic E-state index is 12.4. The van der Waals surface area contributed by atoms with E-state index in [9.17, 15) is 4.79 Å². The number of fused-ring (bicyclic) bond motifs is 1. The molecule has 136 valence electrons. The van der Waals surface area contributed by atoms with Gasteiger partial charge in [-0.3, -0.25) is 4.79 Å². The minimum Gasteiger partial charge on any atom is -0.331 e. The number of halogens is 1. The zero-order valence-corrected chi connectivity index (χ0v) is 17.6. The maximum Gasteiger partial charge on any atom is 0.234 e. The number of aromatic nitrogens is 3. The van der Waals surface area contributed by atoms with Crippen molar-refractivity contribution in [2.75, 3.05) is 11.1 Å². The van der Waals surface area contributed by atoms with Crippen LogP contribution in [0.5, 0.6) is 0 Å². The minimum atomic E-state index is -0.0579. The van der Waals surface area contributed by atoms with Crippen molar-refractivity contribution < 1.29 is 4.79 Å². The Labute approximate surface area is 165 Å². The van der Waals surface area contributed by atoms with Gasteiger partial charge < -0.3 is 10.3 Å². The summed E-state index contributed by atoms with van der Waals surface area (Å²) < 4.78 is 0.932. The lowest BCUT2D eigenvalue weighted by Gasteiger charge is -2.22. The summed E-state index contributed by atoms with van der Waals surface area (Å²) in [7, 11) is 0. The molecule has 2 N–H and O–H groups in total. The number of H-pyrrole nitrogens is 1. The molecule has 26 heavy (non-hydrogen) atoms. The number of pyridine rings is 1. The van der Waals surface area contributed by atoms with Gasteiger partial charge in [0.25, 0.3) is 0 Å². The average molecular weight is 433 g/mol. The molecule has 3 rings (SSSR count). The summed E-state index contributed by atoms with van der Waals surface area (Å²) >= 11 is 4.83. The van der Waals surface area contributed by atoms with Gasteiger partial charge in [-0.15, -0.1) is 0 Å². The lowest BCUT2D eigenvalue weighted by molar-refractivity contribution is -0.113. The SMILES string of the molecule is Cc1nc2nc(SCC(=O)Nc3ccccc3C(C)(C)C)[nH]c2cc1Br. The number of hydrogen-bond acceptors (Lipinski definition) is 4. The monoisotopic (exact) mass is 432 g/mol. The van der Waals surface area contributed by atoms with Gasteiger partial charge in [-0.1, -0.05) is 50.7 Å². The molecule has 7 heteroatoms. The Bertz CT molecular complexity index is 923. The van der Waals surface area contributed by atoms with Crippen LogP contribution in [0.2, 0.25) is 0 Å². The van der Waals surface area contributed by atoms with Crippen molar-refractivity contribution in [3.8, 4) is 0 Å². The largest absolute Gasteiger partial charge is 0.331 e. The van der Waals surface area contributed by atoms with E-state index in [1.165, 1.54) is 11.8 Å². The molecule has 0 aliphatic heterocycles. The first-order chi connectivity index (χ1) is 12.2.